The van der Waals surface area contributed by atoms with Crippen molar-refractivity contribution in [3.05, 3.63) is 47.5 Å². The van der Waals surface area contributed by atoms with Crippen LogP contribution in [0.4, 0.5) is 26.3 Å². The molecule has 0 radical (unpaired) electrons. The van der Waals surface area contributed by atoms with Crippen molar-refractivity contribution in [2.45, 2.75) is 31.2 Å². The van der Waals surface area contributed by atoms with Crippen molar-refractivity contribution in [1.29, 1.82) is 0 Å². The van der Waals surface area contributed by atoms with Gasteiger partial charge in [0.2, 0.25) is 0 Å². The zero-order valence-corrected chi connectivity index (χ0v) is 11.6. The molecular weight excluding hydrogens is 320 g/mol. The summed E-state index contributed by atoms with van der Waals surface area (Å²) in [5.41, 5.74) is 2.74. The van der Waals surface area contributed by atoms with E-state index in [2.05, 4.69) is 6.58 Å². The second-order valence-electron chi connectivity index (χ2n) is 4.31. The zero-order chi connectivity index (χ0) is 15.6. The third-order valence-corrected chi connectivity index (χ3v) is 2.72. The molecule has 0 aromatic heterocycles. The second-order valence-corrected chi connectivity index (χ2v) is 4.31. The van der Waals surface area contributed by atoms with Gasteiger partial charge in [0.15, 0.2) is 0 Å². The van der Waals surface area contributed by atoms with Crippen molar-refractivity contribution in [2.75, 3.05) is 0 Å². The van der Waals surface area contributed by atoms with Crippen molar-refractivity contribution >= 4 is 12.4 Å². The van der Waals surface area contributed by atoms with Crippen LogP contribution in [0.25, 0.3) is 0 Å². The van der Waals surface area contributed by atoms with Gasteiger partial charge in [-0.15, -0.1) is 19.0 Å². The van der Waals surface area contributed by atoms with Crippen molar-refractivity contribution in [3.8, 4) is 0 Å². The quantitative estimate of drug-likeness (QED) is 0.601. The lowest BCUT2D eigenvalue weighted by Crippen LogP contribution is -2.16. The van der Waals surface area contributed by atoms with Crippen LogP contribution in [0.5, 0.6) is 0 Å². The van der Waals surface area contributed by atoms with Gasteiger partial charge in [-0.2, -0.15) is 26.3 Å². The first kappa shape index (κ1) is 19.8. The molecule has 0 amide bonds. The Morgan fingerprint density at radius 2 is 1.43 bits per heavy atom. The van der Waals surface area contributed by atoms with Crippen LogP contribution in [0.2, 0.25) is 0 Å². The average molecular weight is 334 g/mol. The Labute approximate surface area is 124 Å². The fourth-order valence-corrected chi connectivity index (χ4v) is 1.66. The van der Waals surface area contributed by atoms with Crippen LogP contribution in [0.1, 0.15) is 35.6 Å². The number of hydrogen-bond acceptors (Lipinski definition) is 1. The predicted octanol–water partition coefficient (Wildman–Crippen LogP) is 5.11. The highest BCUT2D eigenvalue weighted by Crippen LogP contribution is 2.37. The Bertz CT molecular complexity index is 448. The Morgan fingerprint density at radius 3 is 1.76 bits per heavy atom. The molecule has 0 heterocycles. The van der Waals surface area contributed by atoms with Crippen molar-refractivity contribution in [2.24, 2.45) is 5.73 Å². The van der Waals surface area contributed by atoms with Crippen LogP contribution in [0, 0.1) is 0 Å². The van der Waals surface area contributed by atoms with Gasteiger partial charge in [0, 0.05) is 6.04 Å². The number of allylic oxidation sites excluding steroid dienone is 1. The monoisotopic (exact) mass is 333 g/mol. The average Bonchev–Trinajstić information content (AvgIpc) is 2.33. The fourth-order valence-electron chi connectivity index (χ4n) is 1.66. The number of benzene rings is 1. The topological polar surface area (TPSA) is 26.0 Å². The Balaban J connectivity index is 0.00000400. The Kier molecular flexibility index (Phi) is 6.76. The lowest BCUT2D eigenvalue weighted by Gasteiger charge is -2.17. The smallest absolute Gasteiger partial charge is 0.324 e. The highest BCUT2D eigenvalue weighted by Gasteiger charge is 2.37. The summed E-state index contributed by atoms with van der Waals surface area (Å²) in [6.45, 7) is 3.42. The van der Waals surface area contributed by atoms with E-state index in [9.17, 15) is 26.3 Å². The molecule has 0 saturated carbocycles. The first-order chi connectivity index (χ1) is 9.05. The zero-order valence-electron chi connectivity index (χ0n) is 10.8. The van der Waals surface area contributed by atoms with Gasteiger partial charge in [-0.25, -0.2) is 0 Å². The molecule has 8 heteroatoms. The van der Waals surface area contributed by atoms with Crippen LogP contribution in [0.3, 0.4) is 0 Å². The summed E-state index contributed by atoms with van der Waals surface area (Å²) in [6.07, 6.45) is -7.58. The minimum absolute atomic E-state index is 0. The highest BCUT2D eigenvalue weighted by molar-refractivity contribution is 5.85. The van der Waals surface area contributed by atoms with Gasteiger partial charge >= 0.3 is 12.4 Å². The first-order valence-electron chi connectivity index (χ1n) is 5.71. The van der Waals surface area contributed by atoms with Crippen molar-refractivity contribution < 1.29 is 26.3 Å². The third kappa shape index (κ3) is 5.59. The van der Waals surface area contributed by atoms with E-state index in [0.29, 0.717) is 18.6 Å². The maximum absolute atomic E-state index is 12.6. The molecule has 1 atom stereocenters. The summed E-state index contributed by atoms with van der Waals surface area (Å²) < 4.78 is 75.8. The first-order valence-corrected chi connectivity index (χ1v) is 5.71. The molecule has 1 nitrogen and oxygen atoms in total. The molecule has 120 valence electrons. The minimum atomic E-state index is -4.85. The van der Waals surface area contributed by atoms with Crippen LogP contribution in [-0.4, -0.2) is 0 Å². The summed E-state index contributed by atoms with van der Waals surface area (Å²) in [4.78, 5) is 0. The second kappa shape index (κ2) is 7.17. The van der Waals surface area contributed by atoms with E-state index in [1.165, 1.54) is 6.08 Å². The molecule has 21 heavy (non-hydrogen) atoms. The van der Waals surface area contributed by atoms with Crippen LogP contribution < -0.4 is 5.73 Å². The van der Waals surface area contributed by atoms with E-state index in [0.717, 1.165) is 0 Å². The number of hydrogen-bond donors (Lipinski definition) is 1. The van der Waals surface area contributed by atoms with E-state index in [1.807, 2.05) is 0 Å². The van der Waals surface area contributed by atoms with Gasteiger partial charge in [0.25, 0.3) is 0 Å². The largest absolute Gasteiger partial charge is 0.416 e. The van der Waals surface area contributed by atoms with Gasteiger partial charge < -0.3 is 5.73 Å². The normalized spacial score (nSPS) is 13.5. The van der Waals surface area contributed by atoms with Gasteiger partial charge in [-0.3, -0.25) is 0 Å². The highest BCUT2D eigenvalue weighted by atomic mass is 35.5. The van der Waals surface area contributed by atoms with E-state index in [4.69, 9.17) is 5.73 Å². The maximum Gasteiger partial charge on any atom is 0.416 e. The molecule has 1 rings (SSSR count). The summed E-state index contributed by atoms with van der Waals surface area (Å²) in [5.74, 6) is 0. The molecule has 0 unspecified atom stereocenters. The lowest BCUT2D eigenvalue weighted by molar-refractivity contribution is -0.143. The van der Waals surface area contributed by atoms with E-state index < -0.39 is 29.5 Å². The van der Waals surface area contributed by atoms with E-state index >= 15 is 0 Å². The third-order valence-electron chi connectivity index (χ3n) is 2.72. The predicted molar refractivity (Wildman–Crippen MR) is 70.1 cm³/mol. The lowest BCUT2D eigenvalue weighted by atomic mass is 9.97. The molecule has 0 fully saturated rings. The summed E-state index contributed by atoms with van der Waals surface area (Å²) >= 11 is 0. The summed E-state index contributed by atoms with van der Waals surface area (Å²) in [7, 11) is 0. The molecule has 0 aliphatic heterocycles. The number of rotatable bonds is 4. The van der Waals surface area contributed by atoms with Crippen LogP contribution in [-0.2, 0) is 12.4 Å². The van der Waals surface area contributed by atoms with E-state index in [-0.39, 0.29) is 30.5 Å². The van der Waals surface area contributed by atoms with Crippen molar-refractivity contribution in [1.82, 2.24) is 0 Å². The van der Waals surface area contributed by atoms with E-state index in [1.54, 1.807) is 0 Å². The molecule has 0 aliphatic carbocycles. The van der Waals surface area contributed by atoms with Crippen molar-refractivity contribution in [3.63, 3.8) is 0 Å². The number of halogens is 7. The molecule has 2 N–H and O–H groups in total. The summed E-state index contributed by atoms with van der Waals surface area (Å²) in [6, 6.07) is 0.492. The van der Waals surface area contributed by atoms with Crippen LogP contribution in [0.15, 0.2) is 30.9 Å². The standard InChI is InChI=1S/C13H13F6N.ClH/c1-2-3-4-11(20)8-5-9(12(14,15)16)7-10(6-8)13(17,18)19;/h2,5-7,11H,1,3-4,20H2;1H/t11-;/m0./s1. The number of alkyl halides is 6. The molecule has 0 spiro atoms. The Hall–Kier alpha value is -1.21. The van der Waals surface area contributed by atoms with Gasteiger partial charge in [-0.05, 0) is 36.6 Å². The fraction of sp³-hybridized carbons (Fsp3) is 0.385. The Morgan fingerprint density at radius 1 is 1.00 bits per heavy atom. The SMILES string of the molecule is C=CCC[C@H](N)c1cc(C(F)(F)F)cc(C(F)(F)F)c1.Cl. The molecule has 0 bridgehead atoms. The molecule has 1 aromatic carbocycles. The molecular formula is C13H14ClF6N. The maximum atomic E-state index is 12.6. The summed E-state index contributed by atoms with van der Waals surface area (Å²) in [5, 5.41) is 0. The van der Waals surface area contributed by atoms with Crippen LogP contribution >= 0.6 is 12.4 Å². The van der Waals surface area contributed by atoms with Gasteiger partial charge in [0.05, 0.1) is 11.1 Å². The van der Waals surface area contributed by atoms with Gasteiger partial charge in [-0.1, -0.05) is 6.08 Å². The number of nitrogens with two attached hydrogens (primary N) is 1. The van der Waals surface area contributed by atoms with Gasteiger partial charge in [0.1, 0.15) is 0 Å². The molecule has 1 aromatic rings. The molecule has 0 aliphatic rings. The molecule has 0 saturated heterocycles. The minimum Gasteiger partial charge on any atom is -0.324 e.